The van der Waals surface area contributed by atoms with Crippen molar-refractivity contribution in [3.63, 3.8) is 0 Å². The Balaban J connectivity index is 0. The van der Waals surface area contributed by atoms with Crippen molar-refractivity contribution in [1.29, 1.82) is 0 Å². The molecule has 10 nitrogen and oxygen atoms in total. The fraction of sp³-hybridized carbons (Fsp3) is 0.500. The van der Waals surface area contributed by atoms with Gasteiger partial charge in [0.2, 0.25) is 0 Å². The van der Waals surface area contributed by atoms with Crippen LogP contribution in [0.5, 0.6) is 0 Å². The van der Waals surface area contributed by atoms with E-state index in [1.807, 2.05) is 0 Å². The second-order valence-electron chi connectivity index (χ2n) is 2.82. The topological polar surface area (TPSA) is 193 Å². The fourth-order valence-electron chi connectivity index (χ4n) is 0.714. The number of aliphatic carboxylic acids is 3. The molecule has 0 aliphatic heterocycles. The second kappa shape index (κ2) is 7.57. The SMILES string of the molecule is O=C(O)CC(O)(CC(=O)O)C(=O)O.OB(O)O. The first-order valence-corrected chi connectivity index (χ1v) is 3.95. The third kappa shape index (κ3) is 10.6. The third-order valence-corrected chi connectivity index (χ3v) is 1.29. The van der Waals surface area contributed by atoms with Crippen LogP contribution in [0.2, 0.25) is 0 Å². The molecule has 0 aromatic heterocycles. The first-order valence-electron chi connectivity index (χ1n) is 3.95. The molecule has 0 bridgehead atoms. The zero-order valence-electron chi connectivity index (χ0n) is 8.35. The van der Waals surface area contributed by atoms with E-state index in [1.165, 1.54) is 0 Å². The van der Waals surface area contributed by atoms with Crippen LogP contribution in [-0.4, -0.2) is 66.3 Å². The van der Waals surface area contributed by atoms with E-state index in [1.54, 1.807) is 0 Å². The van der Waals surface area contributed by atoms with Gasteiger partial charge in [-0.15, -0.1) is 0 Å². The van der Waals surface area contributed by atoms with Crippen molar-refractivity contribution < 1.29 is 49.9 Å². The summed E-state index contributed by atoms with van der Waals surface area (Å²) in [5.74, 6) is -5.02. The lowest BCUT2D eigenvalue weighted by Gasteiger charge is -2.18. The lowest BCUT2D eigenvalue weighted by atomic mass is 9.96. The maximum Gasteiger partial charge on any atom is 0.631 e. The van der Waals surface area contributed by atoms with E-state index >= 15 is 0 Å². The Labute approximate surface area is 94.5 Å². The summed E-state index contributed by atoms with van der Waals surface area (Å²) in [6, 6.07) is 0. The highest BCUT2D eigenvalue weighted by molar-refractivity contribution is 6.30. The van der Waals surface area contributed by atoms with Crippen LogP contribution in [0.15, 0.2) is 0 Å². The van der Waals surface area contributed by atoms with Gasteiger partial charge in [-0.1, -0.05) is 0 Å². The Hall–Kier alpha value is -1.69. The Morgan fingerprint density at radius 1 is 0.882 bits per heavy atom. The molecular weight excluding hydrogens is 243 g/mol. The molecule has 0 aromatic rings. The molecule has 0 heterocycles. The van der Waals surface area contributed by atoms with Gasteiger partial charge in [0.1, 0.15) is 0 Å². The summed E-state index contributed by atoms with van der Waals surface area (Å²) in [7, 11) is -2.17. The Kier molecular flexibility index (Phi) is 7.88. The van der Waals surface area contributed by atoms with Crippen molar-refractivity contribution >= 4 is 25.2 Å². The minimum atomic E-state index is -2.74. The Morgan fingerprint density at radius 2 is 1.12 bits per heavy atom. The molecule has 0 rings (SSSR count). The van der Waals surface area contributed by atoms with Crippen LogP contribution in [-0.2, 0) is 14.4 Å². The van der Waals surface area contributed by atoms with Crippen LogP contribution < -0.4 is 0 Å². The van der Waals surface area contributed by atoms with Gasteiger partial charge in [-0.05, 0) is 0 Å². The van der Waals surface area contributed by atoms with E-state index in [-0.39, 0.29) is 0 Å². The summed E-state index contributed by atoms with van der Waals surface area (Å²) < 4.78 is 0. The van der Waals surface area contributed by atoms with Crippen LogP contribution in [0.3, 0.4) is 0 Å². The molecule has 0 aliphatic carbocycles. The molecule has 0 aliphatic rings. The zero-order valence-corrected chi connectivity index (χ0v) is 8.35. The maximum absolute atomic E-state index is 10.3. The van der Waals surface area contributed by atoms with Gasteiger partial charge in [-0.2, -0.15) is 0 Å². The lowest BCUT2D eigenvalue weighted by Crippen LogP contribution is -2.42. The molecule has 0 atom stereocenters. The summed E-state index contributed by atoms with van der Waals surface area (Å²) in [4.78, 5) is 30.5. The minimum absolute atomic E-state index is 1.14. The third-order valence-electron chi connectivity index (χ3n) is 1.29. The predicted octanol–water partition coefficient (Wildman–Crippen LogP) is -3.30. The summed E-state index contributed by atoms with van der Waals surface area (Å²) in [6.07, 6.45) is -2.29. The minimum Gasteiger partial charge on any atom is -0.481 e. The molecule has 0 saturated heterocycles. The molecule has 11 heteroatoms. The first kappa shape index (κ1) is 17.7. The molecule has 7 N–H and O–H groups in total. The van der Waals surface area contributed by atoms with Gasteiger partial charge in [0.25, 0.3) is 0 Å². The number of hydrogen-bond donors (Lipinski definition) is 7. The molecule has 0 unspecified atom stereocenters. The highest BCUT2D eigenvalue weighted by Crippen LogP contribution is 2.15. The van der Waals surface area contributed by atoms with Crippen molar-refractivity contribution in [2.24, 2.45) is 0 Å². The number of carboxylic acids is 3. The van der Waals surface area contributed by atoms with Crippen LogP contribution in [0, 0.1) is 0 Å². The molecule has 0 saturated carbocycles. The van der Waals surface area contributed by atoms with E-state index < -0.39 is 43.7 Å². The largest absolute Gasteiger partial charge is 0.631 e. The van der Waals surface area contributed by atoms with Crippen molar-refractivity contribution in [2.45, 2.75) is 18.4 Å². The first-order chi connectivity index (χ1) is 7.51. The van der Waals surface area contributed by atoms with Gasteiger partial charge in [0, 0.05) is 0 Å². The van der Waals surface area contributed by atoms with E-state index in [0.717, 1.165) is 0 Å². The van der Waals surface area contributed by atoms with Crippen LogP contribution in [0.4, 0.5) is 0 Å². The Bertz CT molecular complexity index is 268. The number of aliphatic hydroxyl groups is 1. The van der Waals surface area contributed by atoms with Gasteiger partial charge in [-0.25, -0.2) is 4.79 Å². The van der Waals surface area contributed by atoms with Crippen molar-refractivity contribution in [3.8, 4) is 0 Å². The number of rotatable bonds is 5. The highest BCUT2D eigenvalue weighted by atomic mass is 16.5. The maximum atomic E-state index is 10.3. The van der Waals surface area contributed by atoms with Crippen molar-refractivity contribution in [2.75, 3.05) is 0 Å². The second-order valence-corrected chi connectivity index (χ2v) is 2.82. The average molecular weight is 254 g/mol. The zero-order chi connectivity index (χ0) is 14.2. The van der Waals surface area contributed by atoms with Gasteiger partial charge in [0.05, 0.1) is 12.8 Å². The van der Waals surface area contributed by atoms with Gasteiger partial charge >= 0.3 is 25.2 Å². The van der Waals surface area contributed by atoms with Crippen LogP contribution in [0.1, 0.15) is 12.8 Å². The predicted molar refractivity (Wildman–Crippen MR) is 49.5 cm³/mol. The molecule has 0 amide bonds. The lowest BCUT2D eigenvalue weighted by molar-refractivity contribution is -0.170. The molecule has 0 radical (unpaired) electrons. The van der Waals surface area contributed by atoms with Gasteiger partial charge in [0.15, 0.2) is 5.60 Å². The average Bonchev–Trinajstić information content (AvgIpc) is 1.98. The van der Waals surface area contributed by atoms with Gasteiger partial charge in [-0.3, -0.25) is 9.59 Å². The summed E-state index contributed by atoms with van der Waals surface area (Å²) >= 11 is 0. The van der Waals surface area contributed by atoms with Crippen LogP contribution in [0.25, 0.3) is 0 Å². The molecule has 0 fully saturated rings. The molecular formula is C6H11BO10. The van der Waals surface area contributed by atoms with Crippen molar-refractivity contribution in [3.05, 3.63) is 0 Å². The van der Waals surface area contributed by atoms with Crippen molar-refractivity contribution in [1.82, 2.24) is 0 Å². The van der Waals surface area contributed by atoms with Gasteiger partial charge < -0.3 is 35.5 Å². The van der Waals surface area contributed by atoms with E-state index in [0.29, 0.717) is 0 Å². The summed E-state index contributed by atoms with van der Waals surface area (Å²) in [5, 5.41) is 55.3. The van der Waals surface area contributed by atoms with Crippen LogP contribution >= 0.6 is 0 Å². The number of carbonyl (C=O) groups is 3. The quantitative estimate of drug-likeness (QED) is 0.244. The van der Waals surface area contributed by atoms with E-state index in [9.17, 15) is 14.4 Å². The monoisotopic (exact) mass is 254 g/mol. The summed E-state index contributed by atoms with van der Waals surface area (Å²) in [6.45, 7) is 0. The number of hydrogen-bond acceptors (Lipinski definition) is 7. The number of carboxylic acid groups (broad SMARTS) is 3. The smallest absolute Gasteiger partial charge is 0.481 e. The normalized spacial score (nSPS) is 9.88. The van der Waals surface area contributed by atoms with E-state index in [4.69, 9.17) is 35.5 Å². The molecule has 98 valence electrons. The fourth-order valence-corrected chi connectivity index (χ4v) is 0.714. The highest BCUT2D eigenvalue weighted by Gasteiger charge is 2.40. The summed E-state index contributed by atoms with van der Waals surface area (Å²) in [5.41, 5.74) is -2.74. The molecule has 0 spiro atoms. The molecule has 0 aromatic carbocycles. The standard InChI is InChI=1S/C6H8O7.BH3O3/c7-3(8)1-6(13,5(11)12)2-4(9)10;2-1(3)4/h13H,1-2H2,(H,7,8)(H,9,10)(H,11,12);2-4H. The van der Waals surface area contributed by atoms with E-state index in [2.05, 4.69) is 0 Å². The Morgan fingerprint density at radius 3 is 1.24 bits per heavy atom. The molecule has 17 heavy (non-hydrogen) atoms.